The smallest absolute Gasteiger partial charge is 0.322 e. The van der Waals surface area contributed by atoms with Crippen molar-refractivity contribution in [1.82, 2.24) is 15.2 Å². The molecule has 144 valence electrons. The van der Waals surface area contributed by atoms with Crippen molar-refractivity contribution >= 4 is 34.2 Å². The summed E-state index contributed by atoms with van der Waals surface area (Å²) in [6.07, 6.45) is 0.662. The van der Waals surface area contributed by atoms with E-state index in [0.29, 0.717) is 30.3 Å². The maximum Gasteiger partial charge on any atom is 0.322 e. The number of anilines is 2. The van der Waals surface area contributed by atoms with E-state index in [1.807, 2.05) is 13.8 Å². The molecule has 8 nitrogen and oxygen atoms in total. The number of thiazole rings is 1. The summed E-state index contributed by atoms with van der Waals surface area (Å²) in [5.41, 5.74) is 1.65. The van der Waals surface area contributed by atoms with Gasteiger partial charge >= 0.3 is 12.1 Å². The lowest BCUT2D eigenvalue weighted by Crippen LogP contribution is -2.38. The first-order chi connectivity index (χ1) is 12.9. The molecule has 0 atom stereocenters. The van der Waals surface area contributed by atoms with Crippen LogP contribution >= 0.6 is 11.3 Å². The summed E-state index contributed by atoms with van der Waals surface area (Å²) < 4.78 is 5.12. The Balaban J connectivity index is 1.60. The van der Waals surface area contributed by atoms with Crippen LogP contribution in [0.5, 0.6) is 5.75 Å². The van der Waals surface area contributed by atoms with Crippen LogP contribution in [0.1, 0.15) is 24.4 Å². The highest BCUT2D eigenvalue weighted by Gasteiger charge is 2.24. The molecule has 1 aromatic heterocycles. The third-order valence-electron chi connectivity index (χ3n) is 4.00. The summed E-state index contributed by atoms with van der Waals surface area (Å²) in [4.78, 5) is 31.5. The zero-order valence-corrected chi connectivity index (χ0v) is 16.4. The molecule has 2 aromatic rings. The summed E-state index contributed by atoms with van der Waals surface area (Å²) >= 11 is 1.40. The molecule has 0 radical (unpaired) electrons. The number of carbonyl (C=O) groups excluding carboxylic acids is 2. The van der Waals surface area contributed by atoms with Crippen molar-refractivity contribution in [2.24, 2.45) is 0 Å². The van der Waals surface area contributed by atoms with Gasteiger partial charge in [0.25, 0.3) is 0 Å². The quantitative estimate of drug-likeness (QED) is 0.748. The lowest BCUT2D eigenvalue weighted by Gasteiger charge is -2.26. The first-order valence-corrected chi connectivity index (χ1v) is 9.52. The van der Waals surface area contributed by atoms with Crippen LogP contribution in [0, 0.1) is 0 Å². The Morgan fingerprint density at radius 3 is 2.63 bits per heavy atom. The van der Waals surface area contributed by atoms with E-state index in [9.17, 15) is 9.59 Å². The van der Waals surface area contributed by atoms with Crippen molar-refractivity contribution in [3.05, 3.63) is 34.8 Å². The van der Waals surface area contributed by atoms with Crippen molar-refractivity contribution < 1.29 is 14.3 Å². The molecule has 2 heterocycles. The molecule has 27 heavy (non-hydrogen) atoms. The molecule has 0 saturated heterocycles. The van der Waals surface area contributed by atoms with Gasteiger partial charge in [0.15, 0.2) is 5.13 Å². The minimum Gasteiger partial charge on any atom is -0.497 e. The van der Waals surface area contributed by atoms with E-state index in [1.54, 1.807) is 36.3 Å². The predicted molar refractivity (Wildman–Crippen MR) is 106 cm³/mol. The zero-order chi connectivity index (χ0) is 19.4. The lowest BCUT2D eigenvalue weighted by molar-refractivity contribution is 0.207. The monoisotopic (exact) mass is 389 g/mol. The van der Waals surface area contributed by atoms with Crippen molar-refractivity contribution in [3.8, 4) is 5.75 Å². The van der Waals surface area contributed by atoms with Gasteiger partial charge in [-0.05, 0) is 38.1 Å². The van der Waals surface area contributed by atoms with Gasteiger partial charge in [-0.25, -0.2) is 14.6 Å². The molecule has 0 spiro atoms. The number of methoxy groups -OCH3 is 1. The van der Waals surface area contributed by atoms with E-state index in [4.69, 9.17) is 4.74 Å². The lowest BCUT2D eigenvalue weighted by atomic mass is 10.2. The summed E-state index contributed by atoms with van der Waals surface area (Å²) in [7, 11) is 1.60. The second-order valence-electron chi connectivity index (χ2n) is 6.47. The van der Waals surface area contributed by atoms with E-state index >= 15 is 0 Å². The molecule has 1 aliphatic heterocycles. The molecule has 1 aliphatic rings. The molecule has 0 fully saturated rings. The predicted octanol–water partition coefficient (Wildman–Crippen LogP) is 3.27. The van der Waals surface area contributed by atoms with E-state index in [-0.39, 0.29) is 18.1 Å². The summed E-state index contributed by atoms with van der Waals surface area (Å²) in [6.45, 7) is 4.84. The normalized spacial score (nSPS) is 13.1. The number of rotatable bonds is 4. The fourth-order valence-corrected chi connectivity index (χ4v) is 3.71. The number of aromatic nitrogens is 1. The molecule has 3 N–H and O–H groups in total. The first kappa shape index (κ1) is 19.0. The third-order valence-corrected chi connectivity index (χ3v) is 5.00. The van der Waals surface area contributed by atoms with Crippen LogP contribution in [-0.2, 0) is 13.0 Å². The maximum atomic E-state index is 12.5. The molecule has 0 saturated carbocycles. The van der Waals surface area contributed by atoms with Gasteiger partial charge in [0.2, 0.25) is 0 Å². The Hall–Kier alpha value is -2.81. The minimum atomic E-state index is -0.273. The van der Waals surface area contributed by atoms with Crippen LogP contribution in [0.15, 0.2) is 24.3 Å². The number of fused-ring (bicyclic) bond motifs is 1. The topological polar surface area (TPSA) is 95.6 Å². The van der Waals surface area contributed by atoms with Crippen molar-refractivity contribution in [2.75, 3.05) is 24.3 Å². The van der Waals surface area contributed by atoms with Crippen LogP contribution < -0.4 is 20.7 Å². The number of nitrogens with zero attached hydrogens (tertiary/aromatic N) is 2. The van der Waals surface area contributed by atoms with Crippen molar-refractivity contribution in [1.29, 1.82) is 0 Å². The molecular weight excluding hydrogens is 366 g/mol. The molecule has 1 aromatic carbocycles. The van der Waals surface area contributed by atoms with E-state index < -0.39 is 0 Å². The molecule has 0 aliphatic carbocycles. The molecule has 0 bridgehead atoms. The van der Waals surface area contributed by atoms with Gasteiger partial charge in [0.05, 0.1) is 19.3 Å². The zero-order valence-electron chi connectivity index (χ0n) is 15.5. The maximum absolute atomic E-state index is 12.5. The van der Waals surface area contributed by atoms with Gasteiger partial charge in [0, 0.05) is 29.6 Å². The molecule has 9 heteroatoms. The Labute approximate surface area is 161 Å². The van der Waals surface area contributed by atoms with Crippen LogP contribution in [-0.4, -0.2) is 41.6 Å². The molecule has 3 rings (SSSR count). The number of hydrogen-bond acceptors (Lipinski definition) is 5. The van der Waals surface area contributed by atoms with Crippen LogP contribution in [0.2, 0.25) is 0 Å². The average molecular weight is 389 g/mol. The standard InChI is InChI=1S/C18H23N5O3S/c1-11(2)19-16(24)22-17-21-14-8-9-23(10-15(14)27-17)18(25)20-12-4-6-13(26-3)7-5-12/h4-7,11H,8-10H2,1-3H3,(H,20,25)(H2,19,21,22,24). The van der Waals surface area contributed by atoms with E-state index in [0.717, 1.165) is 16.3 Å². The highest BCUT2D eigenvalue weighted by atomic mass is 32.1. The van der Waals surface area contributed by atoms with Gasteiger partial charge in [-0.2, -0.15) is 0 Å². The number of benzene rings is 1. The van der Waals surface area contributed by atoms with Gasteiger partial charge in [-0.3, -0.25) is 5.32 Å². The minimum absolute atomic E-state index is 0.0525. The fourth-order valence-electron chi connectivity index (χ4n) is 2.69. The molecule has 4 amide bonds. The number of urea groups is 2. The van der Waals surface area contributed by atoms with Crippen LogP contribution in [0.4, 0.5) is 20.4 Å². The van der Waals surface area contributed by atoms with Crippen molar-refractivity contribution in [3.63, 3.8) is 0 Å². The average Bonchev–Trinajstić information content (AvgIpc) is 3.02. The van der Waals surface area contributed by atoms with E-state index in [2.05, 4.69) is 20.9 Å². The van der Waals surface area contributed by atoms with Crippen LogP contribution in [0.3, 0.4) is 0 Å². The summed E-state index contributed by atoms with van der Waals surface area (Å²) in [5.74, 6) is 0.738. The fraction of sp³-hybridized carbons (Fsp3) is 0.389. The van der Waals surface area contributed by atoms with Gasteiger partial charge in [-0.15, -0.1) is 0 Å². The number of nitrogens with one attached hydrogen (secondary N) is 3. The Kier molecular flexibility index (Phi) is 5.80. The van der Waals surface area contributed by atoms with Crippen LogP contribution in [0.25, 0.3) is 0 Å². The number of amides is 4. The summed E-state index contributed by atoms with van der Waals surface area (Å²) in [5, 5.41) is 8.96. The second kappa shape index (κ2) is 8.26. The summed E-state index contributed by atoms with van der Waals surface area (Å²) in [6, 6.07) is 6.82. The van der Waals surface area contributed by atoms with Gasteiger partial charge in [0.1, 0.15) is 5.75 Å². The van der Waals surface area contributed by atoms with E-state index in [1.165, 1.54) is 11.3 Å². The second-order valence-corrected chi connectivity index (χ2v) is 7.56. The SMILES string of the molecule is COc1ccc(NC(=O)N2CCc3nc(NC(=O)NC(C)C)sc3C2)cc1. The highest BCUT2D eigenvalue weighted by molar-refractivity contribution is 7.15. The van der Waals surface area contributed by atoms with Gasteiger partial charge < -0.3 is 20.3 Å². The van der Waals surface area contributed by atoms with Gasteiger partial charge in [-0.1, -0.05) is 11.3 Å². The van der Waals surface area contributed by atoms with Crippen molar-refractivity contribution in [2.45, 2.75) is 32.9 Å². The molecular formula is C18H23N5O3S. The first-order valence-electron chi connectivity index (χ1n) is 8.70. The number of hydrogen-bond donors (Lipinski definition) is 3. The number of carbonyl (C=O) groups is 2. The Morgan fingerprint density at radius 1 is 1.22 bits per heavy atom. The third kappa shape index (κ3) is 4.88. The Morgan fingerprint density at radius 2 is 1.96 bits per heavy atom. The Bertz CT molecular complexity index is 819. The highest BCUT2D eigenvalue weighted by Crippen LogP contribution is 2.28. The largest absolute Gasteiger partial charge is 0.497 e. The molecule has 0 unspecified atom stereocenters. The number of ether oxygens (including phenoxy) is 1.